The van der Waals surface area contributed by atoms with Crippen LogP contribution in [0.2, 0.25) is 5.02 Å². The van der Waals surface area contributed by atoms with Crippen LogP contribution in [0.3, 0.4) is 0 Å². The zero-order valence-electron chi connectivity index (χ0n) is 9.50. The molecule has 0 radical (unpaired) electrons. The number of nitrogen functional groups attached to an aromatic ring is 1. The Bertz CT molecular complexity index is 386. The Labute approximate surface area is 101 Å². The lowest BCUT2D eigenvalue weighted by Gasteiger charge is -2.50. The molecule has 2 atom stereocenters. The molecule has 0 aliphatic heterocycles. The van der Waals surface area contributed by atoms with Crippen LogP contribution >= 0.6 is 11.6 Å². The summed E-state index contributed by atoms with van der Waals surface area (Å²) in [6, 6.07) is 5.66. The summed E-state index contributed by atoms with van der Waals surface area (Å²) >= 11 is 6.08. The minimum atomic E-state index is -0.256. The van der Waals surface area contributed by atoms with E-state index in [0.717, 1.165) is 12.1 Å². The van der Waals surface area contributed by atoms with Gasteiger partial charge >= 0.3 is 0 Å². The number of aliphatic hydroxyl groups is 1. The van der Waals surface area contributed by atoms with Gasteiger partial charge in [0.1, 0.15) is 0 Å². The van der Waals surface area contributed by atoms with E-state index in [0.29, 0.717) is 10.7 Å². The first kappa shape index (κ1) is 11.6. The number of anilines is 2. The van der Waals surface area contributed by atoms with Gasteiger partial charge in [0, 0.05) is 11.5 Å². The van der Waals surface area contributed by atoms with Crippen LogP contribution in [-0.2, 0) is 0 Å². The van der Waals surface area contributed by atoms with Crippen molar-refractivity contribution in [2.24, 2.45) is 5.41 Å². The smallest absolute Gasteiger partial charge is 0.0765 e. The number of para-hydroxylation sites is 1. The van der Waals surface area contributed by atoms with Gasteiger partial charge in [0.2, 0.25) is 0 Å². The third-order valence-corrected chi connectivity index (χ3v) is 3.90. The standard InChI is InChI=1S/C12H17ClN2O/c1-12(2)9(6-10(12)16)15-11-7(13)4-3-5-8(11)14/h3-5,9-10,15-16H,6,14H2,1-2H3. The second-order valence-electron chi connectivity index (χ2n) is 4.97. The maximum absolute atomic E-state index is 9.66. The molecule has 16 heavy (non-hydrogen) atoms. The van der Waals surface area contributed by atoms with Gasteiger partial charge in [-0.2, -0.15) is 0 Å². The Morgan fingerprint density at radius 2 is 2.19 bits per heavy atom. The number of rotatable bonds is 2. The molecule has 2 unspecified atom stereocenters. The maximum atomic E-state index is 9.66. The summed E-state index contributed by atoms with van der Waals surface area (Å²) in [5.74, 6) is 0. The Hall–Kier alpha value is -0.930. The van der Waals surface area contributed by atoms with Crippen LogP contribution in [0.15, 0.2) is 18.2 Å². The Morgan fingerprint density at radius 1 is 1.50 bits per heavy atom. The zero-order chi connectivity index (χ0) is 11.9. The van der Waals surface area contributed by atoms with Crippen molar-refractivity contribution in [3.63, 3.8) is 0 Å². The van der Waals surface area contributed by atoms with Crippen molar-refractivity contribution in [3.05, 3.63) is 23.2 Å². The molecule has 0 saturated heterocycles. The minimum absolute atomic E-state index is 0.133. The van der Waals surface area contributed by atoms with E-state index in [4.69, 9.17) is 17.3 Å². The zero-order valence-corrected chi connectivity index (χ0v) is 10.3. The second kappa shape index (κ2) is 3.82. The number of benzene rings is 1. The maximum Gasteiger partial charge on any atom is 0.0765 e. The van der Waals surface area contributed by atoms with Gasteiger partial charge in [-0.25, -0.2) is 0 Å². The lowest BCUT2D eigenvalue weighted by atomic mass is 9.64. The van der Waals surface area contributed by atoms with E-state index >= 15 is 0 Å². The molecule has 3 nitrogen and oxygen atoms in total. The molecular formula is C12H17ClN2O. The van der Waals surface area contributed by atoms with E-state index in [1.54, 1.807) is 0 Å². The largest absolute Gasteiger partial charge is 0.397 e. The summed E-state index contributed by atoms with van der Waals surface area (Å²) in [6.07, 6.45) is 0.478. The molecule has 88 valence electrons. The second-order valence-corrected chi connectivity index (χ2v) is 5.38. The average molecular weight is 241 g/mol. The van der Waals surface area contributed by atoms with Crippen molar-refractivity contribution < 1.29 is 5.11 Å². The minimum Gasteiger partial charge on any atom is -0.397 e. The Morgan fingerprint density at radius 3 is 2.69 bits per heavy atom. The molecule has 1 saturated carbocycles. The predicted molar refractivity (Wildman–Crippen MR) is 67.7 cm³/mol. The van der Waals surface area contributed by atoms with Crippen molar-refractivity contribution in [2.75, 3.05) is 11.1 Å². The van der Waals surface area contributed by atoms with Crippen LogP contribution in [0.4, 0.5) is 11.4 Å². The first-order valence-electron chi connectivity index (χ1n) is 5.41. The van der Waals surface area contributed by atoms with Gasteiger partial charge < -0.3 is 16.2 Å². The van der Waals surface area contributed by atoms with Crippen LogP contribution in [-0.4, -0.2) is 17.3 Å². The van der Waals surface area contributed by atoms with Gasteiger partial charge in [-0.3, -0.25) is 0 Å². The fraction of sp³-hybridized carbons (Fsp3) is 0.500. The highest BCUT2D eigenvalue weighted by Gasteiger charge is 2.47. The van der Waals surface area contributed by atoms with E-state index in [9.17, 15) is 5.11 Å². The quantitative estimate of drug-likeness (QED) is 0.697. The molecule has 1 aliphatic rings. The molecular weight excluding hydrogens is 224 g/mol. The van der Waals surface area contributed by atoms with E-state index in [1.807, 2.05) is 32.0 Å². The SMILES string of the molecule is CC1(C)C(O)CC1Nc1c(N)cccc1Cl. The van der Waals surface area contributed by atoms with Gasteiger partial charge in [-0.05, 0) is 18.6 Å². The van der Waals surface area contributed by atoms with E-state index in [-0.39, 0.29) is 17.6 Å². The molecule has 2 rings (SSSR count). The van der Waals surface area contributed by atoms with E-state index < -0.39 is 0 Å². The fourth-order valence-electron chi connectivity index (χ4n) is 2.01. The highest BCUT2D eigenvalue weighted by Crippen LogP contribution is 2.43. The lowest BCUT2D eigenvalue weighted by molar-refractivity contribution is -0.0510. The number of aliphatic hydroxyl groups excluding tert-OH is 1. The van der Waals surface area contributed by atoms with Crippen LogP contribution in [0.5, 0.6) is 0 Å². The van der Waals surface area contributed by atoms with Crippen LogP contribution < -0.4 is 11.1 Å². The number of nitrogens with two attached hydrogens (primary N) is 1. The van der Waals surface area contributed by atoms with Crippen LogP contribution in [0.25, 0.3) is 0 Å². The number of hydrogen-bond acceptors (Lipinski definition) is 3. The van der Waals surface area contributed by atoms with Crippen molar-refractivity contribution in [3.8, 4) is 0 Å². The van der Waals surface area contributed by atoms with Crippen molar-refractivity contribution in [1.82, 2.24) is 0 Å². The molecule has 4 heteroatoms. The summed E-state index contributed by atoms with van der Waals surface area (Å²) in [5, 5.41) is 13.6. The molecule has 4 N–H and O–H groups in total. The Balaban J connectivity index is 2.17. The first-order valence-corrected chi connectivity index (χ1v) is 5.79. The van der Waals surface area contributed by atoms with Crippen LogP contribution in [0, 0.1) is 5.41 Å². The lowest BCUT2D eigenvalue weighted by Crippen LogP contribution is -2.57. The molecule has 0 aromatic heterocycles. The summed E-state index contributed by atoms with van der Waals surface area (Å²) in [7, 11) is 0. The molecule has 1 aliphatic carbocycles. The molecule has 0 heterocycles. The van der Waals surface area contributed by atoms with E-state index in [1.165, 1.54) is 0 Å². The van der Waals surface area contributed by atoms with Gasteiger partial charge in [0.15, 0.2) is 0 Å². The van der Waals surface area contributed by atoms with Gasteiger partial charge in [0.05, 0.1) is 22.5 Å². The highest BCUT2D eigenvalue weighted by molar-refractivity contribution is 6.33. The number of halogens is 1. The molecule has 1 fully saturated rings. The summed E-state index contributed by atoms with van der Waals surface area (Å²) in [4.78, 5) is 0. The third-order valence-electron chi connectivity index (χ3n) is 3.58. The molecule has 0 amide bonds. The number of nitrogens with one attached hydrogen (secondary N) is 1. The van der Waals surface area contributed by atoms with Crippen LogP contribution in [0.1, 0.15) is 20.3 Å². The average Bonchev–Trinajstić information content (AvgIpc) is 2.22. The van der Waals surface area contributed by atoms with Crippen molar-refractivity contribution in [1.29, 1.82) is 0 Å². The monoisotopic (exact) mass is 240 g/mol. The molecule has 1 aromatic rings. The third kappa shape index (κ3) is 1.74. The molecule has 0 bridgehead atoms. The molecule has 0 spiro atoms. The fourth-order valence-corrected chi connectivity index (χ4v) is 2.25. The Kier molecular flexibility index (Phi) is 2.76. The first-order chi connectivity index (χ1) is 7.43. The predicted octanol–water partition coefficient (Wildman–Crippen LogP) is 2.49. The number of hydrogen-bond donors (Lipinski definition) is 3. The van der Waals surface area contributed by atoms with Crippen molar-refractivity contribution >= 4 is 23.0 Å². The van der Waals surface area contributed by atoms with Gasteiger partial charge in [-0.15, -0.1) is 0 Å². The summed E-state index contributed by atoms with van der Waals surface area (Å²) in [6.45, 7) is 4.07. The summed E-state index contributed by atoms with van der Waals surface area (Å²) < 4.78 is 0. The topological polar surface area (TPSA) is 58.3 Å². The van der Waals surface area contributed by atoms with Gasteiger partial charge in [-0.1, -0.05) is 31.5 Å². The molecule has 1 aromatic carbocycles. The highest BCUT2D eigenvalue weighted by atomic mass is 35.5. The van der Waals surface area contributed by atoms with Gasteiger partial charge in [0.25, 0.3) is 0 Å². The van der Waals surface area contributed by atoms with Crippen molar-refractivity contribution in [2.45, 2.75) is 32.4 Å². The van der Waals surface area contributed by atoms with E-state index in [2.05, 4.69) is 5.32 Å². The normalized spacial score (nSPS) is 27.2. The summed E-state index contributed by atoms with van der Waals surface area (Å²) in [5.41, 5.74) is 7.14.